The zero-order valence-electron chi connectivity index (χ0n) is 7.05. The first-order valence-corrected chi connectivity index (χ1v) is 4.20. The third-order valence-corrected chi connectivity index (χ3v) is 3.51. The first-order chi connectivity index (χ1) is 5.13. The van der Waals surface area contributed by atoms with Crippen LogP contribution in [-0.4, -0.2) is 5.60 Å². The van der Waals surface area contributed by atoms with Gasteiger partial charge in [-0.2, -0.15) is 5.26 Å². The molecule has 0 aromatic carbocycles. The van der Waals surface area contributed by atoms with Crippen LogP contribution in [0.5, 0.6) is 0 Å². The molecule has 0 N–H and O–H groups in total. The average molecular weight is 151 g/mol. The lowest BCUT2D eigenvalue weighted by molar-refractivity contribution is -0.276. The van der Waals surface area contributed by atoms with E-state index in [1.807, 2.05) is 0 Å². The Kier molecular flexibility index (Phi) is 1.09. The third kappa shape index (κ3) is 0.663. The number of rotatable bonds is 2. The van der Waals surface area contributed by atoms with Crippen molar-refractivity contribution in [3.05, 3.63) is 0 Å². The van der Waals surface area contributed by atoms with E-state index in [0.29, 0.717) is 5.41 Å². The van der Waals surface area contributed by atoms with E-state index in [4.69, 9.17) is 10.00 Å². The Balaban J connectivity index is 1.95. The van der Waals surface area contributed by atoms with Gasteiger partial charge in [0.25, 0.3) is 6.26 Å². The van der Waals surface area contributed by atoms with Gasteiger partial charge in [-0.05, 0) is 30.6 Å². The molecule has 3 rings (SSSR count). The summed E-state index contributed by atoms with van der Waals surface area (Å²) in [6, 6.07) is 0. The van der Waals surface area contributed by atoms with Crippen LogP contribution >= 0.6 is 0 Å². The number of nitriles is 1. The van der Waals surface area contributed by atoms with E-state index in [0.717, 1.165) is 25.2 Å². The molecule has 3 aliphatic carbocycles. The smallest absolute Gasteiger partial charge is 0.286 e. The Labute approximate surface area is 67.2 Å². The van der Waals surface area contributed by atoms with Gasteiger partial charge in [0.15, 0.2) is 0 Å². The van der Waals surface area contributed by atoms with Crippen LogP contribution in [0.15, 0.2) is 0 Å². The van der Waals surface area contributed by atoms with Crippen molar-refractivity contribution >= 4 is 0 Å². The standard InChI is InChI=1S/C9H13NO/c1-7(2)8-3-9(4-8,5-8)11-6-10/h7H,3-5H2,1-2H3. The van der Waals surface area contributed by atoms with Crippen LogP contribution in [0.25, 0.3) is 0 Å². The minimum absolute atomic E-state index is 0.000972. The molecule has 0 aromatic heterocycles. The normalized spacial score (nSPS) is 45.6. The van der Waals surface area contributed by atoms with Crippen molar-refractivity contribution in [1.29, 1.82) is 5.26 Å². The molecular weight excluding hydrogens is 138 g/mol. The van der Waals surface area contributed by atoms with Gasteiger partial charge in [0.05, 0.1) is 0 Å². The Morgan fingerprint density at radius 3 is 2.27 bits per heavy atom. The number of hydrogen-bond acceptors (Lipinski definition) is 2. The molecule has 2 heteroatoms. The molecule has 3 fully saturated rings. The molecule has 0 heterocycles. The SMILES string of the molecule is CC(C)C12CC(OC#N)(C1)C2. The minimum atomic E-state index is -0.000972. The molecule has 0 atom stereocenters. The van der Waals surface area contributed by atoms with Crippen molar-refractivity contribution < 1.29 is 4.74 Å². The van der Waals surface area contributed by atoms with Crippen LogP contribution in [0.4, 0.5) is 0 Å². The molecule has 60 valence electrons. The molecule has 2 bridgehead atoms. The second-order valence-electron chi connectivity index (χ2n) is 4.42. The maximum Gasteiger partial charge on any atom is 0.286 e. The Hall–Kier alpha value is -0.710. The lowest BCUT2D eigenvalue weighted by Gasteiger charge is -2.70. The molecule has 3 saturated carbocycles. The Morgan fingerprint density at radius 1 is 1.36 bits per heavy atom. The maximum absolute atomic E-state index is 8.34. The summed E-state index contributed by atoms with van der Waals surface area (Å²) in [5, 5.41) is 8.34. The lowest BCUT2D eigenvalue weighted by Crippen LogP contribution is -2.69. The van der Waals surface area contributed by atoms with E-state index in [9.17, 15) is 0 Å². The zero-order chi connectivity index (χ0) is 8.11. The van der Waals surface area contributed by atoms with E-state index < -0.39 is 0 Å². The number of nitrogens with zero attached hydrogens (tertiary/aromatic N) is 1. The van der Waals surface area contributed by atoms with Gasteiger partial charge < -0.3 is 4.74 Å². The van der Waals surface area contributed by atoms with Crippen LogP contribution in [0.3, 0.4) is 0 Å². The molecular formula is C9H13NO. The van der Waals surface area contributed by atoms with E-state index in [1.165, 1.54) is 0 Å². The van der Waals surface area contributed by atoms with Gasteiger partial charge in [-0.3, -0.25) is 0 Å². The van der Waals surface area contributed by atoms with E-state index in [2.05, 4.69) is 13.8 Å². The second-order valence-corrected chi connectivity index (χ2v) is 4.42. The highest BCUT2D eigenvalue weighted by Crippen LogP contribution is 2.72. The summed E-state index contributed by atoms with van der Waals surface area (Å²) in [6.07, 6.45) is 5.15. The van der Waals surface area contributed by atoms with Crippen LogP contribution in [0.1, 0.15) is 33.1 Å². The molecule has 0 unspecified atom stereocenters. The zero-order valence-corrected chi connectivity index (χ0v) is 7.05. The van der Waals surface area contributed by atoms with Gasteiger partial charge in [-0.1, -0.05) is 13.8 Å². The lowest BCUT2D eigenvalue weighted by atomic mass is 9.38. The van der Waals surface area contributed by atoms with Crippen LogP contribution in [-0.2, 0) is 4.74 Å². The highest BCUT2D eigenvalue weighted by molar-refractivity contribution is 5.21. The first kappa shape index (κ1) is 6.97. The second kappa shape index (κ2) is 1.72. The Bertz CT molecular complexity index is 206. The number of hydrogen-bond donors (Lipinski definition) is 0. The van der Waals surface area contributed by atoms with Crippen molar-refractivity contribution in [1.82, 2.24) is 0 Å². The van der Waals surface area contributed by atoms with E-state index in [1.54, 1.807) is 6.26 Å². The van der Waals surface area contributed by atoms with Crippen molar-refractivity contribution in [2.24, 2.45) is 11.3 Å². The molecule has 0 amide bonds. The highest BCUT2D eigenvalue weighted by atomic mass is 16.5. The van der Waals surface area contributed by atoms with Gasteiger partial charge in [0.1, 0.15) is 5.60 Å². The van der Waals surface area contributed by atoms with Gasteiger partial charge >= 0.3 is 0 Å². The predicted molar refractivity (Wildman–Crippen MR) is 40.6 cm³/mol. The number of ether oxygens (including phenoxy) is 1. The third-order valence-electron chi connectivity index (χ3n) is 3.51. The van der Waals surface area contributed by atoms with Gasteiger partial charge in [-0.15, -0.1) is 0 Å². The molecule has 0 spiro atoms. The summed E-state index contributed by atoms with van der Waals surface area (Å²) in [6.45, 7) is 4.52. The molecule has 0 saturated heterocycles. The topological polar surface area (TPSA) is 33.0 Å². The first-order valence-electron chi connectivity index (χ1n) is 4.20. The van der Waals surface area contributed by atoms with Gasteiger partial charge in [-0.25, -0.2) is 0 Å². The predicted octanol–water partition coefficient (Wildman–Crippen LogP) is 2.06. The fraction of sp³-hybridized carbons (Fsp3) is 0.889. The van der Waals surface area contributed by atoms with Gasteiger partial charge in [0.2, 0.25) is 0 Å². The monoisotopic (exact) mass is 151 g/mol. The van der Waals surface area contributed by atoms with Crippen molar-refractivity contribution in [3.63, 3.8) is 0 Å². The minimum Gasteiger partial charge on any atom is -0.421 e. The van der Waals surface area contributed by atoms with Crippen LogP contribution < -0.4 is 0 Å². The summed E-state index contributed by atoms with van der Waals surface area (Å²) >= 11 is 0. The van der Waals surface area contributed by atoms with E-state index >= 15 is 0 Å². The Morgan fingerprint density at radius 2 is 1.91 bits per heavy atom. The van der Waals surface area contributed by atoms with Crippen LogP contribution in [0.2, 0.25) is 0 Å². The maximum atomic E-state index is 8.34. The largest absolute Gasteiger partial charge is 0.421 e. The summed E-state index contributed by atoms with van der Waals surface area (Å²) in [5.41, 5.74) is 0.551. The molecule has 2 nitrogen and oxygen atoms in total. The molecule has 0 aromatic rings. The fourth-order valence-corrected chi connectivity index (χ4v) is 2.59. The summed E-state index contributed by atoms with van der Waals surface area (Å²) < 4.78 is 5.01. The summed E-state index contributed by atoms with van der Waals surface area (Å²) in [5.74, 6) is 0.756. The summed E-state index contributed by atoms with van der Waals surface area (Å²) in [4.78, 5) is 0. The molecule has 3 aliphatic rings. The van der Waals surface area contributed by atoms with Crippen LogP contribution in [0, 0.1) is 22.9 Å². The molecule has 11 heavy (non-hydrogen) atoms. The fourth-order valence-electron chi connectivity index (χ4n) is 2.59. The van der Waals surface area contributed by atoms with Crippen molar-refractivity contribution in [2.45, 2.75) is 38.7 Å². The summed E-state index contributed by atoms with van der Waals surface area (Å²) in [7, 11) is 0. The van der Waals surface area contributed by atoms with Gasteiger partial charge in [0, 0.05) is 0 Å². The van der Waals surface area contributed by atoms with Crippen molar-refractivity contribution in [2.75, 3.05) is 0 Å². The van der Waals surface area contributed by atoms with E-state index in [-0.39, 0.29) is 5.60 Å². The van der Waals surface area contributed by atoms with Crippen molar-refractivity contribution in [3.8, 4) is 6.26 Å². The quantitative estimate of drug-likeness (QED) is 0.566. The molecule has 0 radical (unpaired) electrons. The highest BCUT2D eigenvalue weighted by Gasteiger charge is 2.71. The molecule has 0 aliphatic heterocycles. The average Bonchev–Trinajstić information content (AvgIpc) is 1.73.